The molecule has 0 saturated heterocycles. The molecule has 3 aromatic carbocycles. The topological polar surface area (TPSA) is 89.2 Å². The van der Waals surface area contributed by atoms with E-state index in [0.717, 1.165) is 40.0 Å². The second kappa shape index (κ2) is 20.3. The zero-order valence-electron chi connectivity index (χ0n) is 28.3. The molecule has 0 aliphatic carbocycles. The van der Waals surface area contributed by atoms with Gasteiger partial charge in [-0.1, -0.05) is 162 Å². The summed E-state index contributed by atoms with van der Waals surface area (Å²) in [5.74, 6) is 0. The lowest BCUT2D eigenvalue weighted by Gasteiger charge is -2.20. The molecule has 1 N–H and O–H groups in total. The molecule has 0 bridgehead atoms. The average Bonchev–Trinajstić information content (AvgIpc) is 3.51. The largest absolute Gasteiger partial charge is 0.276 e. The summed E-state index contributed by atoms with van der Waals surface area (Å²) in [5.41, 5.74) is 3.39. The summed E-state index contributed by atoms with van der Waals surface area (Å²) in [6, 6.07) is 24.8. The number of nitrogens with one attached hydrogen (secondary N) is 1. The highest BCUT2D eigenvalue weighted by atomic mass is 32.2. The molecular formula is C38H53N5O2S2. The van der Waals surface area contributed by atoms with Gasteiger partial charge in [0.05, 0.1) is 16.1 Å². The van der Waals surface area contributed by atoms with E-state index in [1.165, 1.54) is 83.5 Å². The molecule has 0 aliphatic heterocycles. The van der Waals surface area contributed by atoms with Crippen molar-refractivity contribution in [2.75, 3.05) is 0 Å². The Hall–Kier alpha value is -3.17. The number of sulfonamides is 1. The van der Waals surface area contributed by atoms with E-state index in [4.69, 9.17) is 0 Å². The van der Waals surface area contributed by atoms with E-state index < -0.39 is 10.0 Å². The van der Waals surface area contributed by atoms with E-state index in [2.05, 4.69) is 39.3 Å². The number of aromatic nitrogens is 3. The highest BCUT2D eigenvalue weighted by Gasteiger charge is 2.24. The van der Waals surface area contributed by atoms with Crippen molar-refractivity contribution in [3.05, 3.63) is 84.4 Å². The Balaban J connectivity index is 1.38. The maximum atomic E-state index is 13.3. The van der Waals surface area contributed by atoms with Crippen LogP contribution in [0.3, 0.4) is 0 Å². The van der Waals surface area contributed by atoms with Gasteiger partial charge in [0.1, 0.15) is 10.9 Å². The second-order valence-electron chi connectivity index (χ2n) is 12.5. The number of hydrazone groups is 1. The Bertz CT molecular complexity index is 1590. The molecule has 0 aliphatic rings. The predicted molar refractivity (Wildman–Crippen MR) is 197 cm³/mol. The summed E-state index contributed by atoms with van der Waals surface area (Å²) >= 11 is 1.60. The van der Waals surface area contributed by atoms with Crippen LogP contribution in [0.1, 0.15) is 121 Å². The number of rotatable bonds is 23. The summed E-state index contributed by atoms with van der Waals surface area (Å²) in [6.45, 7) is 4.21. The Morgan fingerprint density at radius 1 is 0.745 bits per heavy atom. The molecule has 1 aromatic heterocycles. The number of benzene rings is 3. The number of thioether (sulfide) groups is 1. The van der Waals surface area contributed by atoms with Gasteiger partial charge in [0.15, 0.2) is 0 Å². The smallest absolute Gasteiger partial charge is 0.225 e. The van der Waals surface area contributed by atoms with Crippen LogP contribution in [0.25, 0.3) is 11.0 Å². The van der Waals surface area contributed by atoms with Gasteiger partial charge in [-0.3, -0.25) is 0 Å². The van der Waals surface area contributed by atoms with Crippen molar-refractivity contribution in [3.63, 3.8) is 0 Å². The molecule has 0 amide bonds. The first kappa shape index (κ1) is 36.7. The van der Waals surface area contributed by atoms with E-state index >= 15 is 0 Å². The second-order valence-corrected chi connectivity index (χ2v) is 15.3. The minimum Gasteiger partial charge on any atom is -0.225 e. The average molecular weight is 676 g/mol. The van der Waals surface area contributed by atoms with Crippen LogP contribution >= 0.6 is 11.8 Å². The maximum Gasteiger partial charge on any atom is 0.276 e. The normalized spacial score (nSPS) is 12.9. The van der Waals surface area contributed by atoms with Crippen LogP contribution in [0.5, 0.6) is 0 Å². The molecule has 9 heteroatoms. The summed E-state index contributed by atoms with van der Waals surface area (Å²) < 4.78 is 28.4. The van der Waals surface area contributed by atoms with Gasteiger partial charge in [0.2, 0.25) is 0 Å². The predicted octanol–water partition coefficient (Wildman–Crippen LogP) is 10.6. The number of unbranched alkanes of at least 4 members (excludes halogenated alkanes) is 14. The maximum absolute atomic E-state index is 13.3. The van der Waals surface area contributed by atoms with E-state index in [1.54, 1.807) is 36.0 Å². The lowest BCUT2D eigenvalue weighted by atomic mass is 10.0. The molecule has 4 aromatic rings. The minimum atomic E-state index is -3.84. The minimum absolute atomic E-state index is 0.191. The fraction of sp³-hybridized carbons (Fsp3) is 0.500. The Labute approximate surface area is 287 Å². The first-order valence-corrected chi connectivity index (χ1v) is 20.0. The van der Waals surface area contributed by atoms with Gasteiger partial charge in [0.25, 0.3) is 10.0 Å². The Morgan fingerprint density at radius 3 is 1.91 bits per heavy atom. The molecule has 1 unspecified atom stereocenters. The van der Waals surface area contributed by atoms with E-state index in [-0.39, 0.29) is 10.3 Å². The number of aryl methyl sites for hydroxylation is 1. The first-order chi connectivity index (χ1) is 23.0. The zero-order chi connectivity index (χ0) is 33.2. The van der Waals surface area contributed by atoms with Crippen molar-refractivity contribution >= 4 is 38.5 Å². The van der Waals surface area contributed by atoms with Crippen molar-refractivity contribution in [3.8, 4) is 0 Å². The molecule has 0 saturated carbocycles. The molecule has 1 atom stereocenters. The van der Waals surface area contributed by atoms with Gasteiger partial charge in [-0.05, 0) is 56.2 Å². The van der Waals surface area contributed by atoms with Gasteiger partial charge in [-0.25, -0.2) is 9.51 Å². The molecule has 1 heterocycles. The lowest BCUT2D eigenvalue weighted by molar-refractivity contribution is 0.533. The third kappa shape index (κ3) is 12.4. The van der Waals surface area contributed by atoms with Gasteiger partial charge in [0, 0.05) is 4.90 Å². The standard InChI is InChI=1S/C38H53N5O2S2/c1-3-4-5-6-7-8-9-10-11-12-13-14-15-16-20-26-36(40-42-47(44,45)34-30-28-32(2)29-31-34)38(46-33-23-18-17-19-24-33)43-37-27-22-21-25-35(37)39-41-43/h17-19,21-25,27-31,38,42H,3-16,20,26H2,1-2H3. The molecular weight excluding hydrogens is 623 g/mol. The van der Waals surface area contributed by atoms with Crippen molar-refractivity contribution < 1.29 is 8.42 Å². The van der Waals surface area contributed by atoms with Gasteiger partial charge < -0.3 is 0 Å². The van der Waals surface area contributed by atoms with Crippen LogP contribution in [0, 0.1) is 6.92 Å². The van der Waals surface area contributed by atoms with Gasteiger partial charge >= 0.3 is 0 Å². The SMILES string of the molecule is CCCCCCCCCCCCCCCCCC(=NNS(=O)(=O)c1ccc(C)cc1)C(Sc1ccccc1)n1nnc2ccccc21. The summed E-state index contributed by atoms with van der Waals surface area (Å²) in [7, 11) is -3.84. The van der Waals surface area contributed by atoms with Crippen LogP contribution in [-0.2, 0) is 10.0 Å². The molecule has 0 fully saturated rings. The third-order valence-corrected chi connectivity index (χ3v) is 11.0. The van der Waals surface area contributed by atoms with Crippen molar-refractivity contribution in [2.45, 2.75) is 132 Å². The molecule has 4 rings (SSSR count). The fourth-order valence-corrected chi connectivity index (χ4v) is 7.72. The lowest BCUT2D eigenvalue weighted by Crippen LogP contribution is -2.25. The van der Waals surface area contributed by atoms with Crippen LogP contribution in [0.2, 0.25) is 0 Å². The van der Waals surface area contributed by atoms with Gasteiger partial charge in [-0.15, -0.1) is 5.10 Å². The van der Waals surface area contributed by atoms with E-state index in [1.807, 2.05) is 54.1 Å². The quantitative estimate of drug-likeness (QED) is 0.0366. The number of nitrogens with zero attached hydrogens (tertiary/aromatic N) is 4. The zero-order valence-corrected chi connectivity index (χ0v) is 30.0. The van der Waals surface area contributed by atoms with E-state index in [0.29, 0.717) is 6.42 Å². The number of hydrogen-bond acceptors (Lipinski definition) is 6. The van der Waals surface area contributed by atoms with Crippen molar-refractivity contribution in [1.82, 2.24) is 19.8 Å². The molecule has 47 heavy (non-hydrogen) atoms. The molecule has 254 valence electrons. The van der Waals surface area contributed by atoms with Gasteiger partial charge in [-0.2, -0.15) is 13.5 Å². The van der Waals surface area contributed by atoms with Crippen molar-refractivity contribution in [2.24, 2.45) is 5.10 Å². The third-order valence-electron chi connectivity index (χ3n) is 8.55. The van der Waals surface area contributed by atoms with Crippen LogP contribution in [0.4, 0.5) is 0 Å². The monoisotopic (exact) mass is 675 g/mol. The Kier molecular flexibility index (Phi) is 15.8. The molecule has 0 radical (unpaired) electrons. The highest BCUT2D eigenvalue weighted by molar-refractivity contribution is 8.00. The number of hydrogen-bond donors (Lipinski definition) is 1. The first-order valence-electron chi connectivity index (χ1n) is 17.6. The summed E-state index contributed by atoms with van der Waals surface area (Å²) in [5, 5.41) is 13.2. The summed E-state index contributed by atoms with van der Waals surface area (Å²) in [6.07, 6.45) is 20.0. The van der Waals surface area contributed by atoms with Crippen LogP contribution in [-0.4, -0.2) is 29.1 Å². The summed E-state index contributed by atoms with van der Waals surface area (Å²) in [4.78, 5) is 3.79. The van der Waals surface area contributed by atoms with E-state index in [9.17, 15) is 8.42 Å². The van der Waals surface area contributed by atoms with Crippen LogP contribution in [0.15, 0.2) is 93.8 Å². The highest BCUT2D eigenvalue weighted by Crippen LogP contribution is 2.35. The van der Waals surface area contributed by atoms with Crippen LogP contribution < -0.4 is 4.83 Å². The molecule has 0 spiro atoms. The molecule has 7 nitrogen and oxygen atoms in total. The number of fused-ring (bicyclic) bond motifs is 1. The Morgan fingerprint density at radius 2 is 1.30 bits per heavy atom. The fourth-order valence-electron chi connectivity index (χ4n) is 5.75. The van der Waals surface area contributed by atoms with Crippen molar-refractivity contribution in [1.29, 1.82) is 0 Å². The number of para-hydroxylation sites is 1.